The lowest BCUT2D eigenvalue weighted by atomic mass is 9.99. The molecule has 1 fully saturated rings. The molecule has 0 amide bonds. The van der Waals surface area contributed by atoms with Crippen LogP contribution in [0.1, 0.15) is 12.5 Å². The Labute approximate surface area is 166 Å². The van der Waals surface area contributed by atoms with E-state index in [1.54, 1.807) is 7.05 Å². The van der Waals surface area contributed by atoms with Gasteiger partial charge in [0, 0.05) is 26.6 Å². The van der Waals surface area contributed by atoms with E-state index in [1.165, 1.54) is 12.7 Å². The SMILES string of the molecule is CN=C(NCC1Cc2ccccc2O1)N1CC(C)C(C(=O)OC)C1.I. The van der Waals surface area contributed by atoms with E-state index in [-0.39, 0.29) is 47.9 Å². The maximum atomic E-state index is 11.8. The molecule has 2 aliphatic rings. The average Bonchev–Trinajstić information content (AvgIpc) is 3.18. The van der Waals surface area contributed by atoms with Crippen molar-refractivity contribution >= 4 is 35.9 Å². The first-order valence-electron chi connectivity index (χ1n) is 8.40. The van der Waals surface area contributed by atoms with E-state index in [0.717, 1.165) is 24.7 Å². The van der Waals surface area contributed by atoms with E-state index in [9.17, 15) is 4.79 Å². The zero-order valence-electron chi connectivity index (χ0n) is 14.9. The molecule has 0 radical (unpaired) electrons. The predicted molar refractivity (Wildman–Crippen MR) is 108 cm³/mol. The van der Waals surface area contributed by atoms with Crippen LogP contribution in [0.2, 0.25) is 0 Å². The lowest BCUT2D eigenvalue weighted by Crippen LogP contribution is -2.44. The summed E-state index contributed by atoms with van der Waals surface area (Å²) in [6.45, 7) is 4.20. The zero-order chi connectivity index (χ0) is 17.1. The topological polar surface area (TPSA) is 63.2 Å². The van der Waals surface area contributed by atoms with Gasteiger partial charge in [-0.1, -0.05) is 25.1 Å². The highest BCUT2D eigenvalue weighted by Crippen LogP contribution is 2.28. The molecule has 0 aliphatic carbocycles. The summed E-state index contributed by atoms with van der Waals surface area (Å²) >= 11 is 0. The Bertz CT molecular complexity index is 613. The summed E-state index contributed by atoms with van der Waals surface area (Å²) in [5, 5.41) is 3.39. The van der Waals surface area contributed by atoms with Gasteiger partial charge in [0.25, 0.3) is 0 Å². The number of guanidine groups is 1. The number of para-hydroxylation sites is 1. The van der Waals surface area contributed by atoms with E-state index in [1.807, 2.05) is 18.2 Å². The second kappa shape index (κ2) is 8.73. The number of hydrogen-bond donors (Lipinski definition) is 1. The van der Waals surface area contributed by atoms with Gasteiger partial charge in [0.15, 0.2) is 5.96 Å². The van der Waals surface area contributed by atoms with Crippen molar-refractivity contribution in [3.63, 3.8) is 0 Å². The highest BCUT2D eigenvalue weighted by molar-refractivity contribution is 14.0. The molecular weight excluding hydrogens is 433 g/mol. The van der Waals surface area contributed by atoms with Crippen LogP contribution in [-0.4, -0.2) is 56.7 Å². The molecule has 2 heterocycles. The molecule has 0 saturated carbocycles. The number of carbonyl (C=O) groups is 1. The molecule has 25 heavy (non-hydrogen) atoms. The summed E-state index contributed by atoms with van der Waals surface area (Å²) in [6, 6.07) is 8.14. The summed E-state index contributed by atoms with van der Waals surface area (Å²) in [5.41, 5.74) is 1.25. The highest BCUT2D eigenvalue weighted by Gasteiger charge is 2.37. The molecule has 3 unspecified atom stereocenters. The van der Waals surface area contributed by atoms with Crippen molar-refractivity contribution in [3.8, 4) is 5.75 Å². The van der Waals surface area contributed by atoms with Crippen molar-refractivity contribution in [1.82, 2.24) is 10.2 Å². The molecule has 138 valence electrons. The van der Waals surface area contributed by atoms with Crippen molar-refractivity contribution < 1.29 is 14.3 Å². The minimum absolute atomic E-state index is 0. The van der Waals surface area contributed by atoms with E-state index in [0.29, 0.717) is 13.1 Å². The van der Waals surface area contributed by atoms with Crippen molar-refractivity contribution in [2.45, 2.75) is 19.4 Å². The molecule has 6 nitrogen and oxygen atoms in total. The third-order valence-electron chi connectivity index (χ3n) is 4.83. The molecule has 0 bridgehead atoms. The fourth-order valence-electron chi connectivity index (χ4n) is 3.50. The van der Waals surface area contributed by atoms with Crippen LogP contribution >= 0.6 is 24.0 Å². The fourth-order valence-corrected chi connectivity index (χ4v) is 3.50. The molecule has 1 N–H and O–H groups in total. The summed E-state index contributed by atoms with van der Waals surface area (Å²) < 4.78 is 10.8. The van der Waals surface area contributed by atoms with Crippen molar-refractivity contribution in [2.75, 3.05) is 33.8 Å². The molecule has 1 saturated heterocycles. The maximum Gasteiger partial charge on any atom is 0.310 e. The number of rotatable bonds is 3. The predicted octanol–water partition coefficient (Wildman–Crippen LogP) is 1.92. The Kier molecular flexibility index (Phi) is 6.92. The number of methoxy groups -OCH3 is 1. The number of nitrogens with one attached hydrogen (secondary N) is 1. The van der Waals surface area contributed by atoms with Gasteiger partial charge in [0.2, 0.25) is 0 Å². The number of benzene rings is 1. The highest BCUT2D eigenvalue weighted by atomic mass is 127. The standard InChI is InChI=1S/C18H25N3O3.HI/c1-12-10-21(11-15(12)17(22)23-3)18(19-2)20-9-14-8-13-6-4-5-7-16(13)24-14;/h4-7,12,14-15H,8-11H2,1-3H3,(H,19,20);1H. The molecule has 1 aromatic carbocycles. The van der Waals surface area contributed by atoms with Gasteiger partial charge in [-0.05, 0) is 17.5 Å². The van der Waals surface area contributed by atoms with Crippen molar-refractivity contribution in [1.29, 1.82) is 0 Å². The van der Waals surface area contributed by atoms with Crippen molar-refractivity contribution in [2.24, 2.45) is 16.8 Å². The number of carbonyl (C=O) groups excluding carboxylic acids is 1. The van der Waals surface area contributed by atoms with Crippen LogP contribution in [0.4, 0.5) is 0 Å². The summed E-state index contributed by atoms with van der Waals surface area (Å²) in [6.07, 6.45) is 1.01. The second-order valence-electron chi connectivity index (χ2n) is 6.49. The third kappa shape index (κ3) is 4.37. The lowest BCUT2D eigenvalue weighted by Gasteiger charge is -2.23. The zero-order valence-corrected chi connectivity index (χ0v) is 17.2. The summed E-state index contributed by atoms with van der Waals surface area (Å²) in [7, 11) is 3.21. The first-order valence-corrected chi connectivity index (χ1v) is 8.40. The van der Waals surface area contributed by atoms with Crippen molar-refractivity contribution in [3.05, 3.63) is 29.8 Å². The van der Waals surface area contributed by atoms with Gasteiger partial charge in [0.05, 0.1) is 19.6 Å². The number of nitrogens with zero attached hydrogens (tertiary/aromatic N) is 2. The Hall–Kier alpha value is -1.51. The van der Waals surface area contributed by atoms with Crippen LogP contribution in [0.25, 0.3) is 0 Å². The minimum atomic E-state index is -0.143. The lowest BCUT2D eigenvalue weighted by molar-refractivity contribution is -0.145. The van der Waals surface area contributed by atoms with Crippen LogP contribution < -0.4 is 10.1 Å². The number of fused-ring (bicyclic) bond motifs is 1. The average molecular weight is 459 g/mol. The quantitative estimate of drug-likeness (QED) is 0.324. The first kappa shape index (κ1) is 19.8. The number of esters is 1. The molecule has 2 aliphatic heterocycles. The molecule has 0 spiro atoms. The normalized spacial score (nSPS) is 25.0. The van der Waals surface area contributed by atoms with Crippen LogP contribution in [0, 0.1) is 11.8 Å². The number of aliphatic imine (C=N–C) groups is 1. The smallest absolute Gasteiger partial charge is 0.310 e. The molecule has 3 rings (SSSR count). The van der Waals surface area contributed by atoms with Gasteiger partial charge in [0.1, 0.15) is 11.9 Å². The van der Waals surface area contributed by atoms with Crippen LogP contribution in [-0.2, 0) is 16.0 Å². The van der Waals surface area contributed by atoms with Gasteiger partial charge in [-0.3, -0.25) is 9.79 Å². The number of ether oxygens (including phenoxy) is 2. The van der Waals surface area contributed by atoms with Crippen LogP contribution in [0.5, 0.6) is 5.75 Å². The van der Waals surface area contributed by atoms with Crippen LogP contribution in [0.3, 0.4) is 0 Å². The van der Waals surface area contributed by atoms with E-state index >= 15 is 0 Å². The molecular formula is C18H26IN3O3. The monoisotopic (exact) mass is 459 g/mol. The van der Waals surface area contributed by atoms with Crippen LogP contribution in [0.15, 0.2) is 29.3 Å². The maximum absolute atomic E-state index is 11.8. The van der Waals surface area contributed by atoms with Gasteiger partial charge in [-0.25, -0.2) is 0 Å². The molecule has 7 heteroatoms. The Balaban J connectivity index is 0.00000225. The van der Waals surface area contributed by atoms with E-state index in [4.69, 9.17) is 9.47 Å². The largest absolute Gasteiger partial charge is 0.488 e. The van der Waals surface area contributed by atoms with Gasteiger partial charge in [-0.2, -0.15) is 0 Å². The van der Waals surface area contributed by atoms with Gasteiger partial charge in [-0.15, -0.1) is 24.0 Å². The molecule has 0 aromatic heterocycles. The Morgan fingerprint density at radius 3 is 2.84 bits per heavy atom. The Morgan fingerprint density at radius 2 is 2.16 bits per heavy atom. The van der Waals surface area contributed by atoms with E-state index < -0.39 is 0 Å². The summed E-state index contributed by atoms with van der Waals surface area (Å²) in [4.78, 5) is 18.3. The number of hydrogen-bond acceptors (Lipinski definition) is 4. The van der Waals surface area contributed by atoms with Gasteiger partial charge >= 0.3 is 5.97 Å². The third-order valence-corrected chi connectivity index (χ3v) is 4.83. The van der Waals surface area contributed by atoms with E-state index in [2.05, 4.69) is 28.2 Å². The number of halogens is 1. The summed E-state index contributed by atoms with van der Waals surface area (Å²) in [5.74, 6) is 1.80. The minimum Gasteiger partial charge on any atom is -0.488 e. The Morgan fingerprint density at radius 1 is 1.40 bits per heavy atom. The fraction of sp³-hybridized carbons (Fsp3) is 0.556. The van der Waals surface area contributed by atoms with Gasteiger partial charge < -0.3 is 19.7 Å². The molecule has 3 atom stereocenters. The second-order valence-corrected chi connectivity index (χ2v) is 6.49. The molecule has 1 aromatic rings. The first-order chi connectivity index (χ1) is 11.6. The number of likely N-dealkylation sites (tertiary alicyclic amines) is 1.